The summed E-state index contributed by atoms with van der Waals surface area (Å²) in [7, 11) is 0. The van der Waals surface area contributed by atoms with Crippen LogP contribution in [-0.4, -0.2) is 11.1 Å². The van der Waals surface area contributed by atoms with E-state index in [0.29, 0.717) is 0 Å². The van der Waals surface area contributed by atoms with Crippen LogP contribution in [0, 0.1) is 5.92 Å². The molecule has 4 nitrogen and oxygen atoms in total. The number of aromatic hydroxyl groups is 1. The van der Waals surface area contributed by atoms with Gasteiger partial charge >= 0.3 is 6.03 Å². The third kappa shape index (κ3) is 2.38. The van der Waals surface area contributed by atoms with Crippen molar-refractivity contribution in [1.82, 2.24) is 10.6 Å². The zero-order valence-corrected chi connectivity index (χ0v) is 10.2. The van der Waals surface area contributed by atoms with Crippen LogP contribution in [-0.2, 0) is 0 Å². The molecule has 3 rings (SSSR count). The molecule has 4 heteroatoms. The Kier molecular flexibility index (Phi) is 2.83. The molecule has 0 bridgehead atoms. The Balaban J connectivity index is 1.90. The summed E-state index contributed by atoms with van der Waals surface area (Å²) in [4.78, 5) is 11.7. The van der Waals surface area contributed by atoms with E-state index in [1.54, 1.807) is 24.3 Å². The molecule has 2 amide bonds. The summed E-state index contributed by atoms with van der Waals surface area (Å²) in [6.07, 6.45) is 10.00. The number of hydrogen-bond donors (Lipinski definition) is 3. The third-order valence-electron chi connectivity index (χ3n) is 3.25. The van der Waals surface area contributed by atoms with Crippen molar-refractivity contribution in [3.63, 3.8) is 0 Å². The quantitative estimate of drug-likeness (QED) is 0.758. The third-order valence-corrected chi connectivity index (χ3v) is 3.25. The Hall–Kier alpha value is -2.49. The maximum absolute atomic E-state index is 11.7. The summed E-state index contributed by atoms with van der Waals surface area (Å²) in [5.41, 5.74) is 1.82. The van der Waals surface area contributed by atoms with Crippen LogP contribution in [0.1, 0.15) is 11.6 Å². The Labute approximate surface area is 111 Å². The van der Waals surface area contributed by atoms with Crippen molar-refractivity contribution in [3.05, 3.63) is 65.9 Å². The second-order valence-corrected chi connectivity index (χ2v) is 4.59. The summed E-state index contributed by atoms with van der Waals surface area (Å²) in [6, 6.07) is 6.47. The van der Waals surface area contributed by atoms with Crippen LogP contribution in [0.3, 0.4) is 0 Å². The average Bonchev–Trinajstić information content (AvgIpc) is 2.93. The van der Waals surface area contributed by atoms with Gasteiger partial charge in [0.25, 0.3) is 0 Å². The lowest BCUT2D eigenvalue weighted by atomic mass is 9.99. The molecule has 1 unspecified atom stereocenters. The minimum Gasteiger partial charge on any atom is -0.508 e. The normalized spacial score (nSPS) is 22.0. The number of amides is 2. The smallest absolute Gasteiger partial charge is 0.319 e. The molecule has 1 aromatic carbocycles. The van der Waals surface area contributed by atoms with Gasteiger partial charge in [-0.05, 0) is 23.8 Å². The SMILES string of the molecule is O=C1NC(C2C=CC=C2)=CC(c2ccc(O)cc2)N1. The monoisotopic (exact) mass is 254 g/mol. The van der Waals surface area contributed by atoms with E-state index in [9.17, 15) is 9.90 Å². The number of hydrogen-bond acceptors (Lipinski definition) is 2. The number of allylic oxidation sites excluding steroid dienone is 3. The highest BCUT2D eigenvalue weighted by atomic mass is 16.3. The number of rotatable bonds is 2. The summed E-state index contributed by atoms with van der Waals surface area (Å²) in [5, 5.41) is 15.0. The largest absolute Gasteiger partial charge is 0.508 e. The molecule has 0 saturated carbocycles. The minimum absolute atomic E-state index is 0.130. The number of carbonyl (C=O) groups excluding carboxylic acids is 1. The first-order valence-corrected chi connectivity index (χ1v) is 6.15. The summed E-state index contributed by atoms with van der Waals surface area (Å²) in [6.45, 7) is 0. The van der Waals surface area contributed by atoms with Gasteiger partial charge in [-0.1, -0.05) is 36.4 Å². The molecule has 0 radical (unpaired) electrons. The zero-order valence-electron chi connectivity index (χ0n) is 10.2. The number of carbonyl (C=O) groups is 1. The predicted octanol–water partition coefficient (Wildman–Crippen LogP) is 2.37. The molecule has 1 atom stereocenters. The van der Waals surface area contributed by atoms with Crippen LogP contribution in [0.4, 0.5) is 4.79 Å². The van der Waals surface area contributed by atoms with E-state index in [-0.39, 0.29) is 23.7 Å². The fraction of sp³-hybridized carbons (Fsp3) is 0.133. The van der Waals surface area contributed by atoms with E-state index in [1.165, 1.54) is 0 Å². The molecule has 1 heterocycles. The fourth-order valence-corrected chi connectivity index (χ4v) is 2.27. The van der Waals surface area contributed by atoms with E-state index >= 15 is 0 Å². The van der Waals surface area contributed by atoms with Gasteiger partial charge in [0, 0.05) is 11.6 Å². The molecular formula is C15H14N2O2. The molecule has 1 aliphatic heterocycles. The highest BCUT2D eigenvalue weighted by Gasteiger charge is 2.23. The van der Waals surface area contributed by atoms with Crippen LogP contribution in [0.25, 0.3) is 0 Å². The minimum atomic E-state index is -0.204. The van der Waals surface area contributed by atoms with Crippen molar-refractivity contribution in [2.75, 3.05) is 0 Å². The second-order valence-electron chi connectivity index (χ2n) is 4.59. The molecule has 3 N–H and O–H groups in total. The molecule has 1 aromatic rings. The van der Waals surface area contributed by atoms with Gasteiger partial charge in [-0.25, -0.2) is 4.79 Å². The van der Waals surface area contributed by atoms with Crippen LogP contribution >= 0.6 is 0 Å². The van der Waals surface area contributed by atoms with Crippen LogP contribution in [0.15, 0.2) is 60.3 Å². The predicted molar refractivity (Wildman–Crippen MR) is 72.4 cm³/mol. The fourth-order valence-electron chi connectivity index (χ4n) is 2.27. The van der Waals surface area contributed by atoms with Gasteiger partial charge in [0.2, 0.25) is 0 Å². The van der Waals surface area contributed by atoms with Crippen LogP contribution < -0.4 is 10.6 Å². The summed E-state index contributed by atoms with van der Waals surface area (Å²) >= 11 is 0. The topological polar surface area (TPSA) is 61.4 Å². The lowest BCUT2D eigenvalue weighted by Gasteiger charge is -2.25. The summed E-state index contributed by atoms with van der Waals surface area (Å²) in [5.74, 6) is 0.348. The van der Waals surface area contributed by atoms with Gasteiger partial charge in [0.15, 0.2) is 0 Å². The van der Waals surface area contributed by atoms with Gasteiger partial charge in [0.05, 0.1) is 6.04 Å². The maximum atomic E-state index is 11.7. The van der Waals surface area contributed by atoms with Crippen molar-refractivity contribution >= 4 is 6.03 Å². The Bertz CT molecular complexity index is 573. The van der Waals surface area contributed by atoms with Gasteiger partial charge in [-0.3, -0.25) is 0 Å². The van der Waals surface area contributed by atoms with Gasteiger partial charge < -0.3 is 15.7 Å². The van der Waals surface area contributed by atoms with Gasteiger partial charge in [0.1, 0.15) is 5.75 Å². The molecule has 0 saturated heterocycles. The van der Waals surface area contributed by atoms with Crippen molar-refractivity contribution < 1.29 is 9.90 Å². The Morgan fingerprint density at radius 3 is 2.42 bits per heavy atom. The Morgan fingerprint density at radius 2 is 1.74 bits per heavy atom. The lowest BCUT2D eigenvalue weighted by Crippen LogP contribution is -2.42. The van der Waals surface area contributed by atoms with Crippen LogP contribution in [0.5, 0.6) is 5.75 Å². The van der Waals surface area contributed by atoms with E-state index in [0.717, 1.165) is 11.3 Å². The highest BCUT2D eigenvalue weighted by Crippen LogP contribution is 2.25. The van der Waals surface area contributed by atoms with Gasteiger partial charge in [-0.15, -0.1) is 0 Å². The number of urea groups is 1. The molecule has 1 aliphatic carbocycles. The van der Waals surface area contributed by atoms with Gasteiger partial charge in [-0.2, -0.15) is 0 Å². The molecule has 0 spiro atoms. The average molecular weight is 254 g/mol. The molecular weight excluding hydrogens is 240 g/mol. The first-order chi connectivity index (χ1) is 9.22. The van der Waals surface area contributed by atoms with E-state index < -0.39 is 0 Å². The number of phenolic OH excluding ortho intramolecular Hbond substituents is 1. The Morgan fingerprint density at radius 1 is 1.05 bits per heavy atom. The van der Waals surface area contributed by atoms with Crippen molar-refractivity contribution in [3.8, 4) is 5.75 Å². The number of nitrogens with one attached hydrogen (secondary N) is 2. The zero-order chi connectivity index (χ0) is 13.2. The number of benzene rings is 1. The molecule has 0 aromatic heterocycles. The second kappa shape index (κ2) is 4.65. The van der Waals surface area contributed by atoms with E-state index in [4.69, 9.17) is 0 Å². The highest BCUT2D eigenvalue weighted by molar-refractivity contribution is 5.78. The van der Waals surface area contributed by atoms with E-state index in [1.807, 2.05) is 30.4 Å². The van der Waals surface area contributed by atoms with Crippen molar-refractivity contribution in [2.24, 2.45) is 5.92 Å². The molecule has 0 fully saturated rings. The first-order valence-electron chi connectivity index (χ1n) is 6.15. The molecule has 2 aliphatic rings. The standard InChI is InChI=1S/C15H14N2O2/c18-12-7-5-11(6-8-12)14-9-13(16-15(19)17-14)10-3-1-2-4-10/h1-10,14,18H,(H2,16,17,19). The number of phenols is 1. The van der Waals surface area contributed by atoms with Crippen LogP contribution in [0.2, 0.25) is 0 Å². The van der Waals surface area contributed by atoms with Crippen molar-refractivity contribution in [2.45, 2.75) is 6.04 Å². The molecule has 96 valence electrons. The van der Waals surface area contributed by atoms with Crippen molar-refractivity contribution in [1.29, 1.82) is 0 Å². The molecule has 19 heavy (non-hydrogen) atoms. The van der Waals surface area contributed by atoms with E-state index in [2.05, 4.69) is 10.6 Å². The lowest BCUT2D eigenvalue weighted by molar-refractivity contribution is 0.238. The summed E-state index contributed by atoms with van der Waals surface area (Å²) < 4.78 is 0. The first kappa shape index (κ1) is 11.6. The maximum Gasteiger partial charge on any atom is 0.319 e.